The highest BCUT2D eigenvalue weighted by Crippen LogP contribution is 2.25. The van der Waals surface area contributed by atoms with E-state index in [-0.39, 0.29) is 11.5 Å². The zero-order chi connectivity index (χ0) is 24.2. The summed E-state index contributed by atoms with van der Waals surface area (Å²) in [5.41, 5.74) is 4.19. The predicted molar refractivity (Wildman–Crippen MR) is 137 cm³/mol. The molecule has 0 radical (unpaired) electrons. The zero-order valence-corrected chi connectivity index (χ0v) is 20.7. The largest absolute Gasteiger partial charge is 0.322 e. The minimum atomic E-state index is -0.451. The second kappa shape index (κ2) is 10.3. The first kappa shape index (κ1) is 23.8. The van der Waals surface area contributed by atoms with Crippen molar-refractivity contribution in [2.45, 2.75) is 50.6 Å². The van der Waals surface area contributed by atoms with Crippen molar-refractivity contribution in [2.24, 2.45) is 7.05 Å². The van der Waals surface area contributed by atoms with Crippen molar-refractivity contribution < 1.29 is 4.79 Å². The molecule has 0 aliphatic carbocycles. The third kappa shape index (κ3) is 5.07. The van der Waals surface area contributed by atoms with Crippen LogP contribution in [0.5, 0.6) is 0 Å². The molecule has 176 valence electrons. The van der Waals surface area contributed by atoms with Gasteiger partial charge >= 0.3 is 0 Å². The average Bonchev–Trinajstić information content (AvgIpc) is 3.07. The zero-order valence-electron chi connectivity index (χ0n) is 19.9. The van der Waals surface area contributed by atoms with Crippen LogP contribution in [0.3, 0.4) is 0 Å². The van der Waals surface area contributed by atoms with Gasteiger partial charge in [-0.05, 0) is 51.3 Å². The lowest BCUT2D eigenvalue weighted by Gasteiger charge is -2.16. The Labute approximate surface area is 203 Å². The molecule has 2 aromatic heterocycles. The summed E-state index contributed by atoms with van der Waals surface area (Å²) in [6.07, 6.45) is 1.66. The first-order valence-corrected chi connectivity index (χ1v) is 12.2. The summed E-state index contributed by atoms with van der Waals surface area (Å²) in [5, 5.41) is 8.05. The molecule has 34 heavy (non-hydrogen) atoms. The lowest BCUT2D eigenvalue weighted by molar-refractivity contribution is -0.115. The monoisotopic (exact) mass is 475 g/mol. The smallest absolute Gasteiger partial charge is 0.262 e. The molecule has 0 aliphatic rings. The highest BCUT2D eigenvalue weighted by atomic mass is 32.2. The first-order chi connectivity index (χ1) is 16.3. The Hall–Kier alpha value is -3.39. The molecule has 0 saturated heterocycles. The third-order valence-electron chi connectivity index (χ3n) is 5.93. The summed E-state index contributed by atoms with van der Waals surface area (Å²) in [6.45, 7) is 6.15. The molecule has 4 aromatic rings. The Balaban J connectivity index is 1.57. The van der Waals surface area contributed by atoms with Crippen molar-refractivity contribution in [3.8, 4) is 0 Å². The number of aryl methyl sites for hydroxylation is 3. The molecule has 0 bridgehead atoms. The lowest BCUT2D eigenvalue weighted by atomic mass is 10.1. The van der Waals surface area contributed by atoms with Gasteiger partial charge in [-0.2, -0.15) is 5.10 Å². The van der Waals surface area contributed by atoms with Gasteiger partial charge in [0.15, 0.2) is 5.16 Å². The van der Waals surface area contributed by atoms with Crippen LogP contribution in [-0.4, -0.2) is 30.5 Å². The number of anilines is 1. The number of hydrogen-bond donors (Lipinski definition) is 1. The number of thioether (sulfide) groups is 1. The summed E-state index contributed by atoms with van der Waals surface area (Å²) in [7, 11) is 1.85. The van der Waals surface area contributed by atoms with E-state index in [2.05, 4.69) is 22.5 Å². The van der Waals surface area contributed by atoms with Crippen molar-refractivity contribution in [1.29, 1.82) is 0 Å². The molecule has 7 nitrogen and oxygen atoms in total. The lowest BCUT2D eigenvalue weighted by Crippen LogP contribution is -2.27. The molecule has 0 aliphatic heterocycles. The Bertz CT molecular complexity index is 1380. The van der Waals surface area contributed by atoms with Crippen LogP contribution >= 0.6 is 11.8 Å². The standard InChI is InChI=1S/C26H29N5O2S/c1-17-23(18(2)30(4)29-17)28-24(32)19(3)34-26-27-22-15-9-8-14-21(22)25(33)31(26)16-10-13-20-11-6-5-7-12-20/h5-9,11-12,14-15,19H,10,13,16H2,1-4H3,(H,28,32). The average molecular weight is 476 g/mol. The fourth-order valence-electron chi connectivity index (χ4n) is 3.91. The van der Waals surface area contributed by atoms with E-state index in [1.807, 2.05) is 64.2 Å². The van der Waals surface area contributed by atoms with Gasteiger partial charge < -0.3 is 5.32 Å². The van der Waals surface area contributed by atoms with E-state index in [4.69, 9.17) is 4.98 Å². The number of benzene rings is 2. The van der Waals surface area contributed by atoms with Gasteiger partial charge in [0.25, 0.3) is 5.56 Å². The molecule has 1 atom stereocenters. The molecular formula is C26H29N5O2S. The summed E-state index contributed by atoms with van der Waals surface area (Å²) in [6, 6.07) is 17.6. The number of rotatable bonds is 8. The fraction of sp³-hybridized carbons (Fsp3) is 0.308. The maximum absolute atomic E-state index is 13.3. The third-order valence-corrected chi connectivity index (χ3v) is 7.02. The van der Waals surface area contributed by atoms with Gasteiger partial charge in [-0.25, -0.2) is 4.98 Å². The van der Waals surface area contributed by atoms with Crippen LogP contribution in [0.15, 0.2) is 64.5 Å². The van der Waals surface area contributed by atoms with E-state index in [0.717, 1.165) is 29.9 Å². The molecule has 8 heteroatoms. The summed E-state index contributed by atoms with van der Waals surface area (Å²) < 4.78 is 3.46. The number of carbonyl (C=O) groups is 1. The van der Waals surface area contributed by atoms with Crippen molar-refractivity contribution in [1.82, 2.24) is 19.3 Å². The Morgan fingerprint density at radius 1 is 1.09 bits per heavy atom. The minimum Gasteiger partial charge on any atom is -0.322 e. The van der Waals surface area contributed by atoms with Crippen molar-refractivity contribution in [3.63, 3.8) is 0 Å². The highest BCUT2D eigenvalue weighted by molar-refractivity contribution is 8.00. The van der Waals surface area contributed by atoms with Crippen molar-refractivity contribution in [3.05, 3.63) is 81.9 Å². The molecule has 0 saturated carbocycles. The van der Waals surface area contributed by atoms with E-state index < -0.39 is 5.25 Å². The van der Waals surface area contributed by atoms with Crippen LogP contribution in [0, 0.1) is 13.8 Å². The number of nitrogens with one attached hydrogen (secondary N) is 1. The van der Waals surface area contributed by atoms with Gasteiger partial charge in [0, 0.05) is 13.6 Å². The summed E-state index contributed by atoms with van der Waals surface area (Å²) in [5.74, 6) is -0.151. The van der Waals surface area contributed by atoms with Crippen LogP contribution < -0.4 is 10.9 Å². The first-order valence-electron chi connectivity index (χ1n) is 11.4. The SMILES string of the molecule is Cc1nn(C)c(C)c1NC(=O)C(C)Sc1nc2ccccc2c(=O)n1CCCc1ccccc1. The number of hydrogen-bond acceptors (Lipinski definition) is 5. The number of fused-ring (bicyclic) bond motifs is 1. The minimum absolute atomic E-state index is 0.0762. The number of aromatic nitrogens is 4. The number of carbonyl (C=O) groups excluding carboxylic acids is 1. The summed E-state index contributed by atoms with van der Waals surface area (Å²) >= 11 is 1.30. The predicted octanol–water partition coefficient (Wildman–Crippen LogP) is 4.50. The maximum Gasteiger partial charge on any atom is 0.262 e. The van der Waals surface area contributed by atoms with E-state index in [0.29, 0.717) is 22.6 Å². The van der Waals surface area contributed by atoms with Gasteiger partial charge in [-0.3, -0.25) is 18.8 Å². The van der Waals surface area contributed by atoms with E-state index in [1.54, 1.807) is 15.3 Å². The number of nitrogens with zero attached hydrogens (tertiary/aromatic N) is 4. The summed E-state index contributed by atoms with van der Waals surface area (Å²) in [4.78, 5) is 31.1. The van der Waals surface area contributed by atoms with Crippen LogP contribution in [0.4, 0.5) is 5.69 Å². The second-order valence-electron chi connectivity index (χ2n) is 8.38. The van der Waals surface area contributed by atoms with Crippen molar-refractivity contribution >= 4 is 34.3 Å². The maximum atomic E-state index is 13.3. The molecule has 4 rings (SSSR count). The van der Waals surface area contributed by atoms with E-state index in [9.17, 15) is 9.59 Å². The molecular weight excluding hydrogens is 446 g/mol. The Morgan fingerprint density at radius 2 is 1.79 bits per heavy atom. The van der Waals surface area contributed by atoms with Crippen LogP contribution in [-0.2, 0) is 24.8 Å². The quantitative estimate of drug-likeness (QED) is 0.300. The van der Waals surface area contributed by atoms with Gasteiger partial charge in [-0.15, -0.1) is 0 Å². The molecule has 0 spiro atoms. The normalized spacial score (nSPS) is 12.1. The number of para-hydroxylation sites is 1. The highest BCUT2D eigenvalue weighted by Gasteiger charge is 2.21. The van der Waals surface area contributed by atoms with Crippen molar-refractivity contribution in [2.75, 3.05) is 5.32 Å². The molecule has 1 N–H and O–H groups in total. The molecule has 1 amide bonds. The molecule has 2 aromatic carbocycles. The topological polar surface area (TPSA) is 81.8 Å². The van der Waals surface area contributed by atoms with Gasteiger partial charge in [-0.1, -0.05) is 54.2 Å². The molecule has 0 fully saturated rings. The van der Waals surface area contributed by atoms with Gasteiger partial charge in [0.05, 0.1) is 33.2 Å². The number of amides is 1. The Kier molecular flexibility index (Phi) is 7.17. The van der Waals surface area contributed by atoms with E-state index >= 15 is 0 Å². The van der Waals surface area contributed by atoms with Gasteiger partial charge in [0.1, 0.15) is 0 Å². The Morgan fingerprint density at radius 3 is 2.50 bits per heavy atom. The van der Waals surface area contributed by atoms with Crippen LogP contribution in [0.25, 0.3) is 10.9 Å². The fourth-order valence-corrected chi connectivity index (χ4v) is 4.85. The van der Waals surface area contributed by atoms with Crippen LogP contribution in [0.2, 0.25) is 0 Å². The van der Waals surface area contributed by atoms with Crippen LogP contribution in [0.1, 0.15) is 30.3 Å². The molecule has 2 heterocycles. The van der Waals surface area contributed by atoms with Gasteiger partial charge in [0.2, 0.25) is 5.91 Å². The molecule has 1 unspecified atom stereocenters. The second-order valence-corrected chi connectivity index (χ2v) is 9.68. The van der Waals surface area contributed by atoms with E-state index in [1.165, 1.54) is 17.3 Å².